The zero-order valence-corrected chi connectivity index (χ0v) is 9.36. The number of rotatable bonds is 3. The number of carboxylic acids is 1. The lowest BCUT2D eigenvalue weighted by atomic mass is 10.0. The van der Waals surface area contributed by atoms with E-state index in [1.165, 1.54) is 6.08 Å². The fourth-order valence-corrected chi connectivity index (χ4v) is 1.67. The quantitative estimate of drug-likeness (QED) is 0.675. The van der Waals surface area contributed by atoms with Gasteiger partial charge in [-0.1, -0.05) is 28.1 Å². The molecule has 0 unspecified atom stereocenters. The van der Waals surface area contributed by atoms with E-state index in [1.54, 1.807) is 12.1 Å². The van der Waals surface area contributed by atoms with Crippen LogP contribution in [0.5, 0.6) is 0 Å². The maximum Gasteiger partial charge on any atom is 0.328 e. The van der Waals surface area contributed by atoms with E-state index < -0.39 is 5.97 Å². The van der Waals surface area contributed by atoms with Crippen LogP contribution in [-0.2, 0) is 10.1 Å². The van der Waals surface area contributed by atoms with E-state index in [2.05, 4.69) is 15.9 Å². The zero-order chi connectivity index (χ0) is 11.3. The summed E-state index contributed by atoms with van der Waals surface area (Å²) in [6, 6.07) is 7.30. The number of hydrogen-bond acceptors (Lipinski definition) is 2. The molecular weight excluding hydrogens is 258 g/mol. The van der Waals surface area contributed by atoms with Gasteiger partial charge in [-0.15, -0.1) is 0 Å². The Bertz CT molecular complexity index is 446. The van der Waals surface area contributed by atoms with Crippen molar-refractivity contribution in [2.45, 2.75) is 5.33 Å². The van der Waals surface area contributed by atoms with Crippen LogP contribution in [0.1, 0.15) is 16.7 Å². The van der Waals surface area contributed by atoms with Crippen molar-refractivity contribution in [2.24, 2.45) is 0 Å². The summed E-state index contributed by atoms with van der Waals surface area (Å²) >= 11 is 3.29. The Labute approximate surface area is 95.8 Å². The fraction of sp³-hybridized carbons (Fsp3) is 0.0909. The molecule has 76 valence electrons. The van der Waals surface area contributed by atoms with E-state index >= 15 is 0 Å². The minimum absolute atomic E-state index is 0.476. The third kappa shape index (κ3) is 2.93. The van der Waals surface area contributed by atoms with E-state index in [1.807, 2.05) is 12.1 Å². The van der Waals surface area contributed by atoms with Gasteiger partial charge in [0.05, 0.1) is 11.6 Å². The first-order valence-electron chi connectivity index (χ1n) is 4.18. The van der Waals surface area contributed by atoms with Crippen LogP contribution in [0.25, 0.3) is 6.08 Å². The lowest BCUT2D eigenvalue weighted by Gasteiger charge is -2.03. The van der Waals surface area contributed by atoms with Crippen molar-refractivity contribution in [3.8, 4) is 6.07 Å². The summed E-state index contributed by atoms with van der Waals surface area (Å²) in [7, 11) is 0. The Morgan fingerprint density at radius 2 is 2.33 bits per heavy atom. The van der Waals surface area contributed by atoms with Gasteiger partial charge < -0.3 is 5.11 Å². The zero-order valence-electron chi connectivity index (χ0n) is 7.77. The highest BCUT2D eigenvalue weighted by Crippen LogP contribution is 2.18. The Kier molecular flexibility index (Phi) is 4.07. The molecule has 0 aliphatic heterocycles. The van der Waals surface area contributed by atoms with Crippen molar-refractivity contribution < 1.29 is 9.90 Å². The third-order valence-corrected chi connectivity index (χ3v) is 2.46. The molecule has 0 fully saturated rings. The van der Waals surface area contributed by atoms with Crippen LogP contribution in [0.4, 0.5) is 0 Å². The van der Waals surface area contributed by atoms with E-state index in [0.29, 0.717) is 16.5 Å². The molecular formula is C11H8BrNO2. The van der Waals surface area contributed by atoms with Crippen LogP contribution >= 0.6 is 15.9 Å². The van der Waals surface area contributed by atoms with Gasteiger partial charge in [0.1, 0.15) is 0 Å². The predicted octanol–water partition coefficient (Wildman–Crippen LogP) is 2.55. The molecule has 0 aliphatic rings. The minimum Gasteiger partial charge on any atom is -0.478 e. The number of carboxylic acid groups (broad SMARTS) is 1. The summed E-state index contributed by atoms with van der Waals surface area (Å²) in [5.74, 6) is -1.02. The van der Waals surface area contributed by atoms with E-state index in [9.17, 15) is 4.79 Å². The number of hydrogen-bond donors (Lipinski definition) is 1. The second kappa shape index (κ2) is 5.32. The van der Waals surface area contributed by atoms with Crippen molar-refractivity contribution in [2.75, 3.05) is 0 Å². The van der Waals surface area contributed by atoms with Gasteiger partial charge in [-0.2, -0.15) is 5.26 Å². The van der Waals surface area contributed by atoms with Crippen molar-refractivity contribution in [3.05, 3.63) is 41.0 Å². The predicted molar refractivity (Wildman–Crippen MR) is 60.5 cm³/mol. The van der Waals surface area contributed by atoms with Gasteiger partial charge in [-0.25, -0.2) is 4.79 Å². The molecule has 0 saturated heterocycles. The van der Waals surface area contributed by atoms with Crippen molar-refractivity contribution in [1.82, 2.24) is 0 Å². The first-order valence-corrected chi connectivity index (χ1v) is 5.30. The summed E-state index contributed by atoms with van der Waals surface area (Å²) in [4.78, 5) is 10.4. The molecule has 0 aliphatic carbocycles. The Morgan fingerprint density at radius 1 is 1.60 bits per heavy atom. The Morgan fingerprint density at radius 3 is 2.87 bits per heavy atom. The molecule has 15 heavy (non-hydrogen) atoms. The Hall–Kier alpha value is -1.60. The fourth-order valence-electron chi connectivity index (χ4n) is 1.18. The van der Waals surface area contributed by atoms with Gasteiger partial charge in [-0.05, 0) is 23.3 Å². The summed E-state index contributed by atoms with van der Waals surface area (Å²) < 4.78 is 0. The van der Waals surface area contributed by atoms with Crippen molar-refractivity contribution >= 4 is 28.0 Å². The molecule has 0 bridgehead atoms. The summed E-state index contributed by atoms with van der Waals surface area (Å²) in [5.41, 5.74) is 2.02. The number of nitriles is 1. The monoisotopic (exact) mass is 265 g/mol. The summed E-state index contributed by atoms with van der Waals surface area (Å²) in [6.45, 7) is 0. The standard InChI is InChI=1S/C11H8BrNO2/c12-6-8-2-1-3-9(7-13)10(8)4-5-11(14)15/h1-5H,6H2,(H,14,15)/b5-4+. The van der Waals surface area contributed by atoms with Crippen LogP contribution in [0.15, 0.2) is 24.3 Å². The molecule has 0 heterocycles. The summed E-state index contributed by atoms with van der Waals surface area (Å²) in [5, 5.41) is 18.0. The van der Waals surface area contributed by atoms with Crippen LogP contribution in [0.2, 0.25) is 0 Å². The molecule has 1 rings (SSSR count). The largest absolute Gasteiger partial charge is 0.478 e. The molecule has 3 nitrogen and oxygen atoms in total. The number of alkyl halides is 1. The van der Waals surface area contributed by atoms with Crippen LogP contribution in [-0.4, -0.2) is 11.1 Å². The highest BCUT2D eigenvalue weighted by molar-refractivity contribution is 9.08. The molecule has 0 saturated carbocycles. The van der Waals surface area contributed by atoms with Gasteiger partial charge in [0, 0.05) is 11.4 Å². The lowest BCUT2D eigenvalue weighted by molar-refractivity contribution is -0.131. The number of aliphatic carboxylic acids is 1. The van der Waals surface area contributed by atoms with Crippen molar-refractivity contribution in [1.29, 1.82) is 5.26 Å². The second-order valence-electron chi connectivity index (χ2n) is 2.80. The second-order valence-corrected chi connectivity index (χ2v) is 3.36. The number of benzene rings is 1. The maximum atomic E-state index is 10.4. The molecule has 1 aromatic carbocycles. The molecule has 1 aromatic rings. The van der Waals surface area contributed by atoms with Crippen molar-refractivity contribution in [3.63, 3.8) is 0 Å². The first-order chi connectivity index (χ1) is 7.19. The maximum absolute atomic E-state index is 10.4. The van der Waals surface area contributed by atoms with Crippen LogP contribution in [0, 0.1) is 11.3 Å². The Balaban J connectivity index is 3.24. The molecule has 4 heteroatoms. The SMILES string of the molecule is N#Cc1cccc(CBr)c1/C=C/C(=O)O. The van der Waals surface area contributed by atoms with Crippen LogP contribution < -0.4 is 0 Å². The molecule has 0 radical (unpaired) electrons. The molecule has 0 atom stereocenters. The number of halogens is 1. The van der Waals surface area contributed by atoms with Gasteiger partial charge >= 0.3 is 5.97 Å². The lowest BCUT2D eigenvalue weighted by Crippen LogP contribution is -1.92. The number of carbonyl (C=O) groups is 1. The van der Waals surface area contributed by atoms with Gasteiger partial charge in [0.15, 0.2) is 0 Å². The average Bonchev–Trinajstić information content (AvgIpc) is 2.25. The van der Waals surface area contributed by atoms with Gasteiger partial charge in [0.2, 0.25) is 0 Å². The number of nitrogens with zero attached hydrogens (tertiary/aromatic N) is 1. The van der Waals surface area contributed by atoms with Gasteiger partial charge in [0.25, 0.3) is 0 Å². The van der Waals surface area contributed by atoms with Gasteiger partial charge in [-0.3, -0.25) is 0 Å². The average molecular weight is 266 g/mol. The van der Waals surface area contributed by atoms with E-state index in [-0.39, 0.29) is 0 Å². The topological polar surface area (TPSA) is 61.1 Å². The van der Waals surface area contributed by atoms with E-state index in [4.69, 9.17) is 10.4 Å². The molecule has 0 amide bonds. The molecule has 1 N–H and O–H groups in total. The minimum atomic E-state index is -1.02. The normalized spacial score (nSPS) is 10.1. The smallest absolute Gasteiger partial charge is 0.328 e. The van der Waals surface area contributed by atoms with E-state index in [0.717, 1.165) is 11.6 Å². The van der Waals surface area contributed by atoms with Crippen LogP contribution in [0.3, 0.4) is 0 Å². The summed E-state index contributed by atoms with van der Waals surface area (Å²) in [6.07, 6.45) is 2.47. The highest BCUT2D eigenvalue weighted by atomic mass is 79.9. The molecule has 0 spiro atoms. The first kappa shape index (κ1) is 11.5. The third-order valence-electron chi connectivity index (χ3n) is 1.85. The molecule has 0 aromatic heterocycles. The highest BCUT2D eigenvalue weighted by Gasteiger charge is 2.04.